The van der Waals surface area contributed by atoms with E-state index >= 15 is 0 Å². The van der Waals surface area contributed by atoms with Gasteiger partial charge in [-0.25, -0.2) is 20.2 Å². The Labute approximate surface area is 91.2 Å². The smallest absolute Gasteiger partial charge is 0.235 e. The minimum Gasteiger partial charge on any atom is -0.235 e. The standard InChI is InChI=1S/C3H4N8O6/c12-5-8-1-7(11(16)17)2-9(6-13)3(8)4-10(14)15/h1-2H2. The lowest BCUT2D eigenvalue weighted by Gasteiger charge is -2.29. The first-order valence-corrected chi connectivity index (χ1v) is 3.83. The molecule has 0 unspecified atom stereocenters. The van der Waals surface area contributed by atoms with Crippen molar-refractivity contribution in [3.05, 3.63) is 30.0 Å². The third-order valence-electron chi connectivity index (χ3n) is 1.66. The first kappa shape index (κ1) is 12.1. The fraction of sp³-hybridized carbons (Fsp3) is 0.667. The van der Waals surface area contributed by atoms with E-state index in [0.29, 0.717) is 5.01 Å². The summed E-state index contributed by atoms with van der Waals surface area (Å²) in [5.74, 6) is -0.793. The summed E-state index contributed by atoms with van der Waals surface area (Å²) in [6.07, 6.45) is 0. The van der Waals surface area contributed by atoms with E-state index in [2.05, 4.69) is 15.7 Å². The maximum Gasteiger partial charge on any atom is 0.323 e. The Kier molecular flexibility index (Phi) is 3.38. The molecule has 0 atom stereocenters. The summed E-state index contributed by atoms with van der Waals surface area (Å²) in [5.41, 5.74) is 0. The summed E-state index contributed by atoms with van der Waals surface area (Å²) in [7, 11) is 0. The molecule has 1 heterocycles. The molecule has 0 saturated carbocycles. The molecule has 0 amide bonds. The lowest BCUT2D eigenvalue weighted by Crippen LogP contribution is -2.56. The van der Waals surface area contributed by atoms with Crippen LogP contribution in [0.3, 0.4) is 0 Å². The number of hydrogen-bond acceptors (Lipinski definition) is 8. The normalized spacial score (nSPS) is 15.5. The first-order valence-electron chi connectivity index (χ1n) is 3.83. The van der Waals surface area contributed by atoms with Crippen molar-refractivity contribution in [3.8, 4) is 0 Å². The van der Waals surface area contributed by atoms with Crippen LogP contribution in [0.15, 0.2) is 15.7 Å². The summed E-state index contributed by atoms with van der Waals surface area (Å²) in [6, 6.07) is 0. The summed E-state index contributed by atoms with van der Waals surface area (Å²) >= 11 is 0. The maximum atomic E-state index is 10.4. The van der Waals surface area contributed by atoms with Crippen LogP contribution in [0.25, 0.3) is 0 Å². The molecule has 0 N–H and O–H groups in total. The average molecular weight is 248 g/mol. The van der Waals surface area contributed by atoms with Crippen molar-refractivity contribution >= 4 is 5.96 Å². The molecule has 14 heteroatoms. The van der Waals surface area contributed by atoms with Crippen LogP contribution in [0.4, 0.5) is 0 Å². The number of nitro groups is 2. The van der Waals surface area contributed by atoms with Gasteiger partial charge in [0.2, 0.25) is 0 Å². The lowest BCUT2D eigenvalue weighted by molar-refractivity contribution is -0.665. The predicted molar refractivity (Wildman–Crippen MR) is 48.3 cm³/mol. The van der Waals surface area contributed by atoms with Gasteiger partial charge in [0, 0.05) is 0 Å². The van der Waals surface area contributed by atoms with E-state index in [1.807, 2.05) is 0 Å². The van der Waals surface area contributed by atoms with E-state index in [0.717, 1.165) is 0 Å². The van der Waals surface area contributed by atoms with Crippen LogP contribution in [-0.4, -0.2) is 44.4 Å². The summed E-state index contributed by atoms with van der Waals surface area (Å²) in [4.78, 5) is 41.2. The van der Waals surface area contributed by atoms with Crippen LogP contribution in [0, 0.1) is 30.0 Å². The minimum absolute atomic E-state index is 0.260. The number of nitrogens with zero attached hydrogens (tertiary/aromatic N) is 8. The Bertz CT molecular complexity index is 373. The van der Waals surface area contributed by atoms with Crippen LogP contribution in [0.2, 0.25) is 0 Å². The highest BCUT2D eigenvalue weighted by atomic mass is 16.7. The molecule has 1 aliphatic heterocycles. The Balaban J connectivity index is 3.04. The Morgan fingerprint density at radius 1 is 1.06 bits per heavy atom. The molecular weight excluding hydrogens is 244 g/mol. The fourth-order valence-corrected chi connectivity index (χ4v) is 1.02. The largest absolute Gasteiger partial charge is 0.323 e. The minimum atomic E-state index is -1.19. The van der Waals surface area contributed by atoms with Gasteiger partial charge in [-0.15, -0.1) is 9.81 Å². The maximum absolute atomic E-state index is 10.4. The van der Waals surface area contributed by atoms with E-state index in [9.17, 15) is 30.0 Å². The van der Waals surface area contributed by atoms with Gasteiger partial charge in [0.15, 0.2) is 23.4 Å². The zero-order valence-corrected chi connectivity index (χ0v) is 7.94. The zero-order valence-electron chi connectivity index (χ0n) is 7.94. The second-order valence-electron chi connectivity index (χ2n) is 2.63. The van der Waals surface area contributed by atoms with Crippen molar-refractivity contribution in [2.45, 2.75) is 0 Å². The molecule has 92 valence electrons. The molecule has 14 nitrogen and oxygen atoms in total. The molecule has 1 aliphatic rings. The van der Waals surface area contributed by atoms with Gasteiger partial charge in [-0.05, 0) is 0 Å². The second-order valence-corrected chi connectivity index (χ2v) is 2.63. The predicted octanol–water partition coefficient (Wildman–Crippen LogP) is -1.08. The van der Waals surface area contributed by atoms with Crippen molar-refractivity contribution in [1.82, 2.24) is 15.0 Å². The monoisotopic (exact) mass is 248 g/mol. The van der Waals surface area contributed by atoms with Gasteiger partial charge in [-0.2, -0.15) is 10.0 Å². The molecular formula is C3H4N8O6. The highest BCUT2D eigenvalue weighted by Crippen LogP contribution is 2.11. The van der Waals surface area contributed by atoms with E-state index in [1.54, 1.807) is 0 Å². The topological polar surface area (TPSA) is 167 Å². The number of guanidine groups is 1. The molecule has 17 heavy (non-hydrogen) atoms. The number of nitroso groups, excluding NO2 is 2. The molecule has 1 saturated heterocycles. The SMILES string of the molecule is O=NN1CN([N+](=O)[O-])CN(N=O)C1=N[N+](=O)[O-]. The van der Waals surface area contributed by atoms with Gasteiger partial charge in [0.1, 0.15) is 5.10 Å². The van der Waals surface area contributed by atoms with Gasteiger partial charge >= 0.3 is 5.96 Å². The quantitative estimate of drug-likeness (QED) is 0.341. The summed E-state index contributed by atoms with van der Waals surface area (Å²) < 4.78 is 0. The van der Waals surface area contributed by atoms with Gasteiger partial charge in [0.25, 0.3) is 0 Å². The third kappa shape index (κ3) is 2.55. The Morgan fingerprint density at radius 2 is 1.53 bits per heavy atom. The number of hydrazine groups is 1. The van der Waals surface area contributed by atoms with Crippen molar-refractivity contribution in [1.29, 1.82) is 0 Å². The van der Waals surface area contributed by atoms with Crippen LogP contribution in [0.1, 0.15) is 0 Å². The second kappa shape index (κ2) is 4.73. The van der Waals surface area contributed by atoms with Gasteiger partial charge in [-0.1, -0.05) is 5.01 Å². The van der Waals surface area contributed by atoms with Crippen LogP contribution in [0.5, 0.6) is 0 Å². The van der Waals surface area contributed by atoms with E-state index in [1.165, 1.54) is 0 Å². The molecule has 0 aliphatic carbocycles. The molecule has 0 spiro atoms. The number of rotatable bonds is 4. The van der Waals surface area contributed by atoms with Crippen LogP contribution in [-0.2, 0) is 0 Å². The first-order chi connectivity index (χ1) is 7.99. The highest BCUT2D eigenvalue weighted by Gasteiger charge is 2.38. The fourth-order valence-electron chi connectivity index (χ4n) is 1.02. The molecule has 1 rings (SSSR count). The lowest BCUT2D eigenvalue weighted by atomic mass is 10.6. The zero-order chi connectivity index (χ0) is 13.0. The van der Waals surface area contributed by atoms with Crippen LogP contribution < -0.4 is 0 Å². The molecule has 0 aromatic carbocycles. The highest BCUT2D eigenvalue weighted by molar-refractivity contribution is 5.79. The van der Waals surface area contributed by atoms with Gasteiger partial charge < -0.3 is 0 Å². The van der Waals surface area contributed by atoms with Crippen molar-refractivity contribution in [3.63, 3.8) is 0 Å². The number of hydrazone groups is 1. The van der Waals surface area contributed by atoms with Gasteiger partial charge in [0.05, 0.1) is 10.6 Å². The van der Waals surface area contributed by atoms with Crippen molar-refractivity contribution in [2.75, 3.05) is 13.3 Å². The molecule has 0 bridgehead atoms. The third-order valence-corrected chi connectivity index (χ3v) is 1.66. The Morgan fingerprint density at radius 3 is 1.82 bits per heavy atom. The number of hydrogen-bond donors (Lipinski definition) is 0. The van der Waals surface area contributed by atoms with E-state index in [-0.39, 0.29) is 10.0 Å². The molecule has 0 radical (unpaired) electrons. The van der Waals surface area contributed by atoms with E-state index < -0.39 is 29.4 Å². The van der Waals surface area contributed by atoms with Crippen LogP contribution >= 0.6 is 0 Å². The summed E-state index contributed by atoms with van der Waals surface area (Å²) in [6.45, 7) is -1.37. The average Bonchev–Trinajstić information content (AvgIpc) is 2.28. The molecule has 1 fully saturated rings. The molecule has 0 aromatic heterocycles. The van der Waals surface area contributed by atoms with Crippen molar-refractivity contribution in [2.24, 2.45) is 15.7 Å². The molecule has 0 aromatic rings. The summed E-state index contributed by atoms with van der Waals surface area (Å²) in [5, 5.41) is 26.6. The Hall–Kier alpha value is -2.93. The van der Waals surface area contributed by atoms with E-state index in [4.69, 9.17) is 0 Å². The van der Waals surface area contributed by atoms with Gasteiger partial charge in [-0.3, -0.25) is 0 Å². The van der Waals surface area contributed by atoms with Crippen molar-refractivity contribution < 1.29 is 10.1 Å².